The maximum Gasteiger partial charge on any atom is 0.117 e. The van der Waals surface area contributed by atoms with E-state index in [1.165, 1.54) is 24.8 Å². The number of hydrogen-bond donors (Lipinski definition) is 3. The minimum absolute atomic E-state index is 0.0935. The Balaban J connectivity index is 1.57. The molecule has 0 bridgehead atoms. The van der Waals surface area contributed by atoms with Gasteiger partial charge < -0.3 is 19.9 Å². The molecule has 4 rings (SSSR count). The second-order valence-corrected chi connectivity index (χ2v) is 10.5. The highest BCUT2D eigenvalue weighted by Crippen LogP contribution is 2.63. The molecule has 0 spiro atoms. The van der Waals surface area contributed by atoms with Crippen LogP contribution >= 0.6 is 0 Å². The van der Waals surface area contributed by atoms with Crippen molar-refractivity contribution < 1.29 is 14.6 Å². The number of hydrogen-bond acceptors (Lipinski definition) is 4. The summed E-state index contributed by atoms with van der Waals surface area (Å²) in [4.78, 5) is 0. The van der Waals surface area contributed by atoms with E-state index in [-0.39, 0.29) is 29.5 Å². The third-order valence-electron chi connectivity index (χ3n) is 9.22. The fourth-order valence-corrected chi connectivity index (χ4v) is 7.24. The average molecular weight is 402 g/mol. The number of aliphatic hydroxyl groups excluding tert-OH is 2. The van der Waals surface area contributed by atoms with E-state index in [1.807, 2.05) is 12.1 Å². The van der Waals surface area contributed by atoms with Crippen LogP contribution in [-0.4, -0.2) is 29.5 Å². The van der Waals surface area contributed by atoms with E-state index >= 15 is 0 Å². The second-order valence-electron chi connectivity index (χ2n) is 10.5. The van der Waals surface area contributed by atoms with Crippen LogP contribution in [0.15, 0.2) is 35.0 Å². The lowest BCUT2D eigenvalue weighted by atomic mass is 9.49. The second kappa shape index (κ2) is 8.20. The van der Waals surface area contributed by atoms with E-state index in [4.69, 9.17) is 4.42 Å². The van der Waals surface area contributed by atoms with Gasteiger partial charge in [-0.25, -0.2) is 0 Å². The van der Waals surface area contributed by atoms with Crippen LogP contribution in [0, 0.1) is 34.5 Å². The third-order valence-corrected chi connectivity index (χ3v) is 9.22. The summed E-state index contributed by atoms with van der Waals surface area (Å²) in [6.07, 6.45) is 8.91. The SMILES string of the molecule is C=C1CCC2[C@@H](CNCc3ccco3)C([C@@]3(C)CC[C@H](O)C[C@@H]3CO)CC[C@@]12C. The smallest absolute Gasteiger partial charge is 0.117 e. The first-order valence-electron chi connectivity index (χ1n) is 11.6. The van der Waals surface area contributed by atoms with Crippen LogP contribution in [0.2, 0.25) is 0 Å². The molecule has 3 aliphatic carbocycles. The van der Waals surface area contributed by atoms with E-state index in [0.29, 0.717) is 17.8 Å². The highest BCUT2D eigenvalue weighted by Gasteiger charge is 2.56. The standard InChI is InChI=1S/C25H39NO3/c1-17-6-7-22-21(15-26-14-20-5-4-12-29-20)23(9-11-24(17,22)2)25(3)10-8-19(28)13-18(25)16-27/h4-5,12,18-19,21-23,26-28H,1,6-11,13-16H2,2-3H3/t18-,19+,21-,22?,23?,24+,25+/m1/s1. The molecule has 3 saturated carbocycles. The normalized spacial score (nSPS) is 42.8. The molecule has 0 saturated heterocycles. The first-order chi connectivity index (χ1) is 13.9. The molecular weight excluding hydrogens is 362 g/mol. The lowest BCUT2D eigenvalue weighted by Gasteiger charge is -2.56. The molecule has 1 heterocycles. The zero-order valence-electron chi connectivity index (χ0n) is 18.2. The van der Waals surface area contributed by atoms with Crippen LogP contribution in [0.3, 0.4) is 0 Å². The quantitative estimate of drug-likeness (QED) is 0.613. The number of allylic oxidation sites excluding steroid dienone is 1. The molecule has 3 N–H and O–H groups in total. The highest BCUT2D eigenvalue weighted by molar-refractivity contribution is 5.21. The van der Waals surface area contributed by atoms with Gasteiger partial charge in [0.05, 0.1) is 18.9 Å². The van der Waals surface area contributed by atoms with E-state index in [0.717, 1.165) is 44.5 Å². The van der Waals surface area contributed by atoms with Gasteiger partial charge >= 0.3 is 0 Å². The molecule has 4 heteroatoms. The number of rotatable bonds is 6. The molecule has 2 unspecified atom stereocenters. The van der Waals surface area contributed by atoms with Crippen LogP contribution in [-0.2, 0) is 6.54 Å². The van der Waals surface area contributed by atoms with Crippen LogP contribution in [0.25, 0.3) is 0 Å². The molecule has 3 aliphatic rings. The van der Waals surface area contributed by atoms with Gasteiger partial charge in [0.25, 0.3) is 0 Å². The maximum atomic E-state index is 10.2. The Morgan fingerprint density at radius 1 is 1.21 bits per heavy atom. The Morgan fingerprint density at radius 3 is 2.76 bits per heavy atom. The zero-order valence-corrected chi connectivity index (χ0v) is 18.2. The molecule has 0 radical (unpaired) electrons. The summed E-state index contributed by atoms with van der Waals surface area (Å²) >= 11 is 0. The van der Waals surface area contributed by atoms with Gasteiger partial charge in [-0.1, -0.05) is 26.0 Å². The van der Waals surface area contributed by atoms with Gasteiger partial charge in [0.15, 0.2) is 0 Å². The van der Waals surface area contributed by atoms with Crippen molar-refractivity contribution in [2.45, 2.75) is 71.4 Å². The highest BCUT2D eigenvalue weighted by atomic mass is 16.3. The molecule has 0 aliphatic heterocycles. The van der Waals surface area contributed by atoms with Crippen LogP contribution in [0.1, 0.15) is 64.6 Å². The van der Waals surface area contributed by atoms with Crippen molar-refractivity contribution in [3.8, 4) is 0 Å². The van der Waals surface area contributed by atoms with E-state index < -0.39 is 0 Å². The molecule has 1 aromatic rings. The topological polar surface area (TPSA) is 65.6 Å². The first-order valence-corrected chi connectivity index (χ1v) is 11.6. The molecule has 0 amide bonds. The first kappa shape index (κ1) is 21.1. The van der Waals surface area contributed by atoms with Crippen molar-refractivity contribution in [3.05, 3.63) is 36.3 Å². The molecular formula is C25H39NO3. The summed E-state index contributed by atoms with van der Waals surface area (Å²) in [7, 11) is 0. The molecule has 7 atom stereocenters. The van der Waals surface area contributed by atoms with Crippen molar-refractivity contribution in [3.63, 3.8) is 0 Å². The fourth-order valence-electron chi connectivity index (χ4n) is 7.24. The van der Waals surface area contributed by atoms with E-state index in [2.05, 4.69) is 25.7 Å². The van der Waals surface area contributed by atoms with Crippen molar-refractivity contribution in [1.82, 2.24) is 5.32 Å². The van der Waals surface area contributed by atoms with Crippen LogP contribution in [0.4, 0.5) is 0 Å². The van der Waals surface area contributed by atoms with Gasteiger partial charge in [-0.05, 0) is 98.1 Å². The van der Waals surface area contributed by atoms with Gasteiger partial charge in [0.2, 0.25) is 0 Å². The predicted octanol–water partition coefficient (Wildman–Crippen LogP) is 4.53. The summed E-state index contributed by atoms with van der Waals surface area (Å²) in [6.45, 7) is 11.2. The minimum Gasteiger partial charge on any atom is -0.468 e. The fraction of sp³-hybridized carbons (Fsp3) is 0.760. The van der Waals surface area contributed by atoms with Crippen molar-refractivity contribution >= 4 is 0 Å². The van der Waals surface area contributed by atoms with Gasteiger partial charge in [0, 0.05) is 6.61 Å². The van der Waals surface area contributed by atoms with Crippen LogP contribution in [0.5, 0.6) is 0 Å². The van der Waals surface area contributed by atoms with Gasteiger partial charge in [0.1, 0.15) is 5.76 Å². The molecule has 29 heavy (non-hydrogen) atoms. The Kier molecular flexibility index (Phi) is 5.98. The van der Waals surface area contributed by atoms with E-state index in [1.54, 1.807) is 6.26 Å². The lowest BCUT2D eigenvalue weighted by Crippen LogP contribution is -2.53. The molecule has 162 valence electrons. The predicted molar refractivity (Wildman–Crippen MR) is 115 cm³/mol. The Labute approximate surface area is 175 Å². The molecule has 0 aromatic carbocycles. The molecule has 4 nitrogen and oxygen atoms in total. The number of fused-ring (bicyclic) bond motifs is 1. The number of aliphatic hydroxyl groups is 2. The van der Waals surface area contributed by atoms with E-state index in [9.17, 15) is 10.2 Å². The largest absolute Gasteiger partial charge is 0.468 e. The summed E-state index contributed by atoms with van der Waals surface area (Å²) in [5.74, 6) is 2.97. The number of furan rings is 1. The minimum atomic E-state index is -0.254. The van der Waals surface area contributed by atoms with Crippen LogP contribution < -0.4 is 5.32 Å². The Hall–Kier alpha value is -1.10. The Morgan fingerprint density at radius 2 is 2.03 bits per heavy atom. The lowest BCUT2D eigenvalue weighted by molar-refractivity contribution is -0.0934. The summed E-state index contributed by atoms with van der Waals surface area (Å²) in [6, 6.07) is 3.97. The zero-order chi connectivity index (χ0) is 20.6. The van der Waals surface area contributed by atoms with Crippen molar-refractivity contribution in [1.29, 1.82) is 0 Å². The van der Waals surface area contributed by atoms with Gasteiger partial charge in [-0.15, -0.1) is 0 Å². The average Bonchev–Trinajstić information content (AvgIpc) is 3.32. The monoisotopic (exact) mass is 401 g/mol. The molecule has 3 fully saturated rings. The summed E-state index contributed by atoms with van der Waals surface area (Å²) in [5, 5.41) is 24.1. The third kappa shape index (κ3) is 3.73. The van der Waals surface area contributed by atoms with Crippen molar-refractivity contribution in [2.75, 3.05) is 13.2 Å². The van der Waals surface area contributed by atoms with Crippen molar-refractivity contribution in [2.24, 2.45) is 34.5 Å². The van der Waals surface area contributed by atoms with Gasteiger partial charge in [-0.2, -0.15) is 0 Å². The summed E-state index contributed by atoms with van der Waals surface area (Å²) in [5.41, 5.74) is 1.79. The summed E-state index contributed by atoms with van der Waals surface area (Å²) < 4.78 is 5.52. The maximum absolute atomic E-state index is 10.2. The Bertz CT molecular complexity index is 701. The molecule has 1 aromatic heterocycles. The number of nitrogens with one attached hydrogen (secondary N) is 1. The van der Waals surface area contributed by atoms with Gasteiger partial charge in [-0.3, -0.25) is 0 Å².